The van der Waals surface area contributed by atoms with E-state index in [0.29, 0.717) is 18.6 Å². The number of carbonyl (C=O) groups is 1. The maximum Gasteiger partial charge on any atom is 0.171 e. The van der Waals surface area contributed by atoms with Crippen LogP contribution >= 0.6 is 0 Å². The summed E-state index contributed by atoms with van der Waals surface area (Å²) in [5.41, 5.74) is -0.613. The zero-order chi connectivity index (χ0) is 25.7. The minimum Gasteiger partial charge on any atom is -0.494 e. The number of fused-ring (bicyclic) bond motifs is 3. The Labute approximate surface area is 199 Å². The van der Waals surface area contributed by atoms with Gasteiger partial charge in [-0.2, -0.15) is 0 Å². The van der Waals surface area contributed by atoms with Gasteiger partial charge in [0.2, 0.25) is 0 Å². The highest BCUT2D eigenvalue weighted by molar-refractivity contribution is 5.77. The molecule has 186 valence electrons. The van der Waals surface area contributed by atoms with E-state index in [1.165, 1.54) is 43.5 Å². The predicted molar refractivity (Wildman–Crippen MR) is 120 cm³/mol. The highest BCUT2D eigenvalue weighted by atomic mass is 19.2. The van der Waals surface area contributed by atoms with E-state index in [4.69, 9.17) is 14.2 Å². The lowest BCUT2D eigenvalue weighted by Gasteiger charge is -2.28. The van der Waals surface area contributed by atoms with Gasteiger partial charge in [0.1, 0.15) is 11.6 Å². The molecule has 3 aromatic carbocycles. The Morgan fingerprint density at radius 1 is 0.800 bits per heavy atom. The molecule has 2 atom stereocenters. The lowest BCUT2D eigenvalue weighted by molar-refractivity contribution is 0.111. The summed E-state index contributed by atoms with van der Waals surface area (Å²) in [6, 6.07) is 9.60. The molecule has 1 aliphatic carbocycles. The average Bonchev–Trinajstić information content (AvgIpc) is 2.84. The smallest absolute Gasteiger partial charge is 0.171 e. The van der Waals surface area contributed by atoms with Crippen LogP contribution in [-0.4, -0.2) is 26.6 Å². The molecule has 0 heterocycles. The molecule has 0 saturated heterocycles. The fourth-order valence-corrected chi connectivity index (χ4v) is 3.73. The lowest BCUT2D eigenvalue weighted by Crippen LogP contribution is -2.16. The third-order valence-corrected chi connectivity index (χ3v) is 5.32. The number of benzene rings is 3. The van der Waals surface area contributed by atoms with Crippen LogP contribution in [0.1, 0.15) is 47.7 Å². The summed E-state index contributed by atoms with van der Waals surface area (Å²) in [4.78, 5) is 10.2. The zero-order valence-electron chi connectivity index (χ0n) is 19.2. The summed E-state index contributed by atoms with van der Waals surface area (Å²) in [7, 11) is 1.23. The number of halogens is 5. The zero-order valence-corrected chi connectivity index (χ0v) is 19.2. The lowest BCUT2D eigenvalue weighted by atomic mass is 9.82. The maximum absolute atomic E-state index is 14.5. The molecule has 2 unspecified atom stereocenters. The van der Waals surface area contributed by atoms with Crippen LogP contribution in [0.3, 0.4) is 0 Å². The largest absolute Gasteiger partial charge is 0.494 e. The van der Waals surface area contributed by atoms with E-state index in [0.717, 1.165) is 0 Å². The summed E-state index contributed by atoms with van der Waals surface area (Å²) in [5.74, 6) is -2.37. The Balaban J connectivity index is 0.000000241. The molecule has 0 N–H and O–H groups in total. The van der Waals surface area contributed by atoms with Crippen molar-refractivity contribution in [2.45, 2.75) is 26.2 Å². The molecule has 35 heavy (non-hydrogen) atoms. The Kier molecular flexibility index (Phi) is 8.32. The topological polar surface area (TPSA) is 44.8 Å². The molecule has 4 rings (SSSR count). The Morgan fingerprint density at radius 3 is 1.83 bits per heavy atom. The van der Waals surface area contributed by atoms with Crippen LogP contribution in [0.5, 0.6) is 17.2 Å². The van der Waals surface area contributed by atoms with Gasteiger partial charge in [0.05, 0.1) is 25.9 Å². The summed E-state index contributed by atoms with van der Waals surface area (Å²) in [6.45, 7) is 4.14. The van der Waals surface area contributed by atoms with Gasteiger partial charge in [-0.3, -0.25) is 4.79 Å². The number of rotatable bonds is 6. The number of aldehydes is 1. The molecule has 0 saturated carbocycles. The first-order chi connectivity index (χ1) is 16.8. The summed E-state index contributed by atoms with van der Waals surface area (Å²) >= 11 is 0. The van der Waals surface area contributed by atoms with Crippen molar-refractivity contribution >= 4 is 6.29 Å². The van der Waals surface area contributed by atoms with Crippen LogP contribution in [-0.2, 0) is 0 Å². The summed E-state index contributed by atoms with van der Waals surface area (Å²) in [6.07, 6.45) is -4.16. The van der Waals surface area contributed by atoms with Gasteiger partial charge < -0.3 is 14.2 Å². The van der Waals surface area contributed by atoms with Gasteiger partial charge in [-0.05, 0) is 49.2 Å². The second kappa shape index (κ2) is 11.2. The van der Waals surface area contributed by atoms with Crippen LogP contribution in [0, 0.1) is 17.5 Å². The molecule has 3 aromatic rings. The second-order valence-electron chi connectivity index (χ2n) is 7.35. The van der Waals surface area contributed by atoms with Crippen molar-refractivity contribution in [1.29, 1.82) is 0 Å². The first-order valence-electron chi connectivity index (χ1n) is 10.8. The normalized spacial score (nSPS) is 15.8. The van der Waals surface area contributed by atoms with E-state index < -0.39 is 40.9 Å². The van der Waals surface area contributed by atoms with Crippen LogP contribution in [0.25, 0.3) is 11.1 Å². The third-order valence-electron chi connectivity index (χ3n) is 5.32. The number of methoxy groups -OCH3 is 1. The predicted octanol–water partition coefficient (Wildman–Crippen LogP) is 7.11. The van der Waals surface area contributed by atoms with Crippen molar-refractivity contribution in [2.75, 3.05) is 20.3 Å². The summed E-state index contributed by atoms with van der Waals surface area (Å²) in [5, 5.41) is 0. The van der Waals surface area contributed by atoms with Crippen molar-refractivity contribution in [3.05, 3.63) is 76.6 Å². The molecular formula is C26H23F5O4. The Morgan fingerprint density at radius 2 is 1.34 bits per heavy atom. The van der Waals surface area contributed by atoms with Gasteiger partial charge in [0.25, 0.3) is 0 Å². The second-order valence-corrected chi connectivity index (χ2v) is 7.35. The van der Waals surface area contributed by atoms with Gasteiger partial charge in [-0.15, -0.1) is 0 Å². The summed E-state index contributed by atoms with van der Waals surface area (Å²) < 4.78 is 85.5. The molecule has 0 radical (unpaired) electrons. The Hall–Kier alpha value is -3.62. The fourth-order valence-electron chi connectivity index (χ4n) is 3.73. The number of hydrogen-bond donors (Lipinski definition) is 0. The van der Waals surface area contributed by atoms with E-state index in [2.05, 4.69) is 0 Å². The minimum atomic E-state index is -2.32. The molecule has 9 heteroatoms. The molecule has 0 amide bonds. The van der Waals surface area contributed by atoms with Gasteiger partial charge in [-0.1, -0.05) is 12.1 Å². The highest BCUT2D eigenvalue weighted by Crippen LogP contribution is 2.52. The number of ether oxygens (including phenoxy) is 3. The molecule has 0 aliphatic heterocycles. The van der Waals surface area contributed by atoms with Crippen LogP contribution in [0.2, 0.25) is 0 Å². The van der Waals surface area contributed by atoms with E-state index >= 15 is 0 Å². The quantitative estimate of drug-likeness (QED) is 0.271. The van der Waals surface area contributed by atoms with Gasteiger partial charge in [0, 0.05) is 17.2 Å². The van der Waals surface area contributed by atoms with E-state index in [9.17, 15) is 26.7 Å². The van der Waals surface area contributed by atoms with Crippen LogP contribution in [0.4, 0.5) is 22.0 Å². The molecule has 1 aliphatic rings. The van der Waals surface area contributed by atoms with Crippen molar-refractivity contribution < 1.29 is 41.0 Å². The standard InChI is InChI=1S/C17H14F4O2.C9H9FO2/c1-3-23-11-7-5-9-8-4-6-10(22-2)14(18)12(8)16(20)17(21)13(9)15(11)19;1-2-12-8-4-3-7(6-11)9(10)5-8/h4-7,16-17H,3H2,1-2H3;3-6H,2H2,1H3. The average molecular weight is 494 g/mol. The van der Waals surface area contributed by atoms with Crippen LogP contribution < -0.4 is 14.2 Å². The van der Waals surface area contributed by atoms with E-state index in [1.807, 2.05) is 6.92 Å². The molecule has 0 fully saturated rings. The minimum absolute atomic E-state index is 0.0541. The fraction of sp³-hybridized carbons (Fsp3) is 0.269. The highest BCUT2D eigenvalue weighted by Gasteiger charge is 2.40. The third kappa shape index (κ3) is 5.08. The Bertz CT molecular complexity index is 1210. The van der Waals surface area contributed by atoms with Crippen LogP contribution in [0.15, 0.2) is 42.5 Å². The van der Waals surface area contributed by atoms with Crippen molar-refractivity contribution in [2.24, 2.45) is 0 Å². The monoisotopic (exact) mass is 494 g/mol. The molecule has 0 bridgehead atoms. The van der Waals surface area contributed by atoms with Gasteiger partial charge >= 0.3 is 0 Å². The molecular weight excluding hydrogens is 471 g/mol. The number of alkyl halides is 2. The van der Waals surface area contributed by atoms with Crippen molar-refractivity contribution in [3.63, 3.8) is 0 Å². The molecule has 0 spiro atoms. The van der Waals surface area contributed by atoms with E-state index in [-0.39, 0.29) is 34.8 Å². The first-order valence-corrected chi connectivity index (χ1v) is 10.8. The van der Waals surface area contributed by atoms with E-state index in [1.54, 1.807) is 13.0 Å². The molecule has 4 nitrogen and oxygen atoms in total. The maximum atomic E-state index is 14.5. The SMILES string of the molecule is CCOc1ccc(C=O)c(F)c1.CCOc1ccc2c(c1F)C(F)C(F)c1c-2ccc(OC)c1F. The number of hydrogen-bond acceptors (Lipinski definition) is 4. The number of carbonyl (C=O) groups excluding carboxylic acids is 1. The van der Waals surface area contributed by atoms with Crippen molar-refractivity contribution in [3.8, 4) is 28.4 Å². The van der Waals surface area contributed by atoms with Gasteiger partial charge in [-0.25, -0.2) is 22.0 Å². The first kappa shape index (κ1) is 26.0. The van der Waals surface area contributed by atoms with Crippen molar-refractivity contribution in [1.82, 2.24) is 0 Å². The van der Waals surface area contributed by atoms with Gasteiger partial charge in [0.15, 0.2) is 41.8 Å². The molecule has 0 aromatic heterocycles.